The van der Waals surface area contributed by atoms with Crippen LogP contribution in [0.3, 0.4) is 0 Å². The summed E-state index contributed by atoms with van der Waals surface area (Å²) in [5, 5.41) is 5.48. The van der Waals surface area contributed by atoms with Crippen molar-refractivity contribution in [3.63, 3.8) is 0 Å². The Morgan fingerprint density at radius 1 is 0.481 bits per heavy atom. The van der Waals surface area contributed by atoms with Crippen LogP contribution >= 0.6 is 0 Å². The van der Waals surface area contributed by atoms with Crippen molar-refractivity contribution < 1.29 is 28.7 Å². The number of carbonyl (C=O) groups excluding carboxylic acids is 4. The van der Waals surface area contributed by atoms with Crippen molar-refractivity contribution in [2.45, 2.75) is 144 Å². The Kier molecular flexibility index (Phi) is 15.2. The van der Waals surface area contributed by atoms with E-state index < -0.39 is 11.9 Å². The van der Waals surface area contributed by atoms with E-state index in [1.165, 1.54) is 22.3 Å². The predicted molar refractivity (Wildman–Crippen MR) is 210 cm³/mol. The summed E-state index contributed by atoms with van der Waals surface area (Å²) in [7, 11) is 0. The van der Waals surface area contributed by atoms with Gasteiger partial charge in [0.2, 0.25) is 11.8 Å². The van der Waals surface area contributed by atoms with Gasteiger partial charge in [-0.2, -0.15) is 0 Å². The third kappa shape index (κ3) is 15.2. The Morgan fingerprint density at radius 2 is 0.750 bits per heavy atom. The second kappa shape index (κ2) is 18.0. The number of rotatable bonds is 15. The summed E-state index contributed by atoms with van der Waals surface area (Å²) in [5.41, 5.74) is 7.43. The Hall–Kier alpha value is -4.20. The van der Waals surface area contributed by atoms with Gasteiger partial charge >= 0.3 is 11.9 Å². The molecule has 0 radical (unpaired) electrons. The highest BCUT2D eigenvalue weighted by Gasteiger charge is 2.22. The van der Waals surface area contributed by atoms with Crippen molar-refractivity contribution in [1.29, 1.82) is 0 Å². The summed E-state index contributed by atoms with van der Waals surface area (Å²) in [4.78, 5) is 49.8. The van der Waals surface area contributed by atoms with Crippen molar-refractivity contribution in [3.05, 3.63) is 94.1 Å². The van der Waals surface area contributed by atoms with Gasteiger partial charge in [-0.3, -0.25) is 19.2 Å². The first-order valence-electron chi connectivity index (χ1n) is 18.3. The molecule has 0 atom stereocenters. The third-order valence-electron chi connectivity index (χ3n) is 8.86. The maximum absolute atomic E-state index is 12.5. The van der Waals surface area contributed by atoms with Gasteiger partial charge in [0.05, 0.1) is 12.8 Å². The standard InChI is InChI=1S/C44H64N2O6/c1-29(25-45-37(47)15-17-39(49)51-27-31-19-33(41(3,4)5)23-34(20-31)42(6,7)8)30(2)26-46-38(48)16-18-40(50)52-28-32-21-35(43(9,10)11)24-36(22-32)44(12,13)14/h19-24H,1-2,15-18,25-28H2,3-14H3,(H,45,47)(H,46,48). The number of carbonyl (C=O) groups is 4. The summed E-state index contributed by atoms with van der Waals surface area (Å²) in [5.74, 6) is -1.54. The molecule has 286 valence electrons. The molecule has 0 aliphatic carbocycles. The number of benzene rings is 2. The summed E-state index contributed by atoms with van der Waals surface area (Å²) >= 11 is 0. The van der Waals surface area contributed by atoms with Crippen molar-refractivity contribution in [2.24, 2.45) is 0 Å². The van der Waals surface area contributed by atoms with Crippen molar-refractivity contribution in [2.75, 3.05) is 13.1 Å². The number of amides is 2. The van der Waals surface area contributed by atoms with Crippen LogP contribution in [0.4, 0.5) is 0 Å². The Balaban J connectivity index is 1.72. The summed E-state index contributed by atoms with van der Waals surface area (Å²) in [6, 6.07) is 12.7. The topological polar surface area (TPSA) is 111 Å². The van der Waals surface area contributed by atoms with Gasteiger partial charge in [0.15, 0.2) is 0 Å². The van der Waals surface area contributed by atoms with Gasteiger partial charge in [0.1, 0.15) is 13.2 Å². The number of esters is 2. The molecule has 2 aromatic rings. The van der Waals surface area contributed by atoms with E-state index in [4.69, 9.17) is 9.47 Å². The van der Waals surface area contributed by atoms with E-state index in [1.807, 2.05) is 0 Å². The normalized spacial score (nSPS) is 12.2. The molecule has 0 fully saturated rings. The highest BCUT2D eigenvalue weighted by atomic mass is 16.5. The number of hydrogen-bond donors (Lipinski definition) is 2. The molecule has 8 nitrogen and oxygen atoms in total. The first kappa shape index (κ1) is 44.0. The SMILES string of the molecule is C=C(CNC(=O)CCC(=O)OCc1cc(C(C)(C)C)cc(C(C)(C)C)c1)C(=C)CNC(=O)CCC(=O)OCc1cc(C(C)(C)C)cc(C(C)(C)C)c1. The van der Waals surface area contributed by atoms with E-state index in [-0.39, 0.29) is 85.5 Å². The molecule has 0 unspecified atom stereocenters. The van der Waals surface area contributed by atoms with E-state index >= 15 is 0 Å². The lowest BCUT2D eigenvalue weighted by molar-refractivity contribution is -0.146. The molecule has 0 aromatic heterocycles. The Morgan fingerprint density at radius 3 is 1.00 bits per heavy atom. The molecule has 0 bridgehead atoms. The van der Waals surface area contributed by atoms with Crippen molar-refractivity contribution in [1.82, 2.24) is 10.6 Å². The van der Waals surface area contributed by atoms with Gasteiger partial charge in [-0.15, -0.1) is 0 Å². The number of nitrogens with one attached hydrogen (secondary N) is 2. The fourth-order valence-corrected chi connectivity index (χ4v) is 5.02. The summed E-state index contributed by atoms with van der Waals surface area (Å²) < 4.78 is 11.0. The van der Waals surface area contributed by atoms with Crippen molar-refractivity contribution >= 4 is 23.8 Å². The van der Waals surface area contributed by atoms with Crippen LogP contribution in [-0.2, 0) is 63.5 Å². The molecule has 0 heterocycles. The lowest BCUT2D eigenvalue weighted by atomic mass is 9.79. The minimum absolute atomic E-state index is 0.0273. The average Bonchev–Trinajstić information content (AvgIpc) is 3.03. The van der Waals surface area contributed by atoms with E-state index in [0.29, 0.717) is 11.1 Å². The van der Waals surface area contributed by atoms with Gasteiger partial charge in [0, 0.05) is 25.9 Å². The van der Waals surface area contributed by atoms with Gasteiger partial charge in [-0.05, 0) is 66.2 Å². The lowest BCUT2D eigenvalue weighted by Gasteiger charge is -2.26. The first-order chi connectivity index (χ1) is 23.8. The molecule has 2 rings (SSSR count). The quantitative estimate of drug-likeness (QED) is 0.141. The zero-order valence-electron chi connectivity index (χ0n) is 34.0. The van der Waals surface area contributed by atoms with Crippen LogP contribution in [0.2, 0.25) is 0 Å². The van der Waals surface area contributed by atoms with E-state index in [1.54, 1.807) is 0 Å². The molecule has 0 saturated heterocycles. The van der Waals surface area contributed by atoms with Crippen LogP contribution in [0.5, 0.6) is 0 Å². The maximum atomic E-state index is 12.5. The lowest BCUT2D eigenvalue weighted by Crippen LogP contribution is -2.30. The zero-order valence-corrected chi connectivity index (χ0v) is 34.0. The van der Waals surface area contributed by atoms with Crippen LogP contribution in [0.1, 0.15) is 142 Å². The molecular weight excluding hydrogens is 652 g/mol. The minimum atomic E-state index is -0.451. The van der Waals surface area contributed by atoms with Gasteiger partial charge in [-0.1, -0.05) is 133 Å². The largest absolute Gasteiger partial charge is 0.461 e. The smallest absolute Gasteiger partial charge is 0.306 e. The number of ether oxygens (including phenoxy) is 2. The third-order valence-corrected chi connectivity index (χ3v) is 8.86. The molecule has 0 aliphatic heterocycles. The van der Waals surface area contributed by atoms with E-state index in [9.17, 15) is 19.2 Å². The highest BCUT2D eigenvalue weighted by Crippen LogP contribution is 2.32. The first-order valence-corrected chi connectivity index (χ1v) is 18.3. The fourth-order valence-electron chi connectivity index (χ4n) is 5.02. The molecule has 2 N–H and O–H groups in total. The molecule has 52 heavy (non-hydrogen) atoms. The predicted octanol–water partition coefficient (Wildman–Crippen LogP) is 8.57. The fraction of sp³-hybridized carbons (Fsp3) is 0.545. The molecule has 2 aromatic carbocycles. The van der Waals surface area contributed by atoms with Crippen LogP contribution in [0.15, 0.2) is 60.7 Å². The van der Waals surface area contributed by atoms with Crippen LogP contribution in [0.25, 0.3) is 0 Å². The zero-order chi connectivity index (χ0) is 39.7. The van der Waals surface area contributed by atoms with Crippen LogP contribution in [0, 0.1) is 0 Å². The van der Waals surface area contributed by atoms with Crippen LogP contribution in [-0.4, -0.2) is 36.8 Å². The van der Waals surface area contributed by atoms with E-state index in [0.717, 1.165) is 11.1 Å². The van der Waals surface area contributed by atoms with Gasteiger partial charge < -0.3 is 20.1 Å². The van der Waals surface area contributed by atoms with Crippen LogP contribution < -0.4 is 10.6 Å². The van der Waals surface area contributed by atoms with Gasteiger partial charge in [-0.25, -0.2) is 0 Å². The Labute approximate surface area is 313 Å². The molecule has 8 heteroatoms. The molecule has 0 saturated carbocycles. The Bertz CT molecular complexity index is 1440. The van der Waals surface area contributed by atoms with Gasteiger partial charge in [0.25, 0.3) is 0 Å². The average molecular weight is 717 g/mol. The second-order valence-corrected chi connectivity index (χ2v) is 17.9. The maximum Gasteiger partial charge on any atom is 0.306 e. The summed E-state index contributed by atoms with van der Waals surface area (Å²) in [6.07, 6.45) is -0.158. The van der Waals surface area contributed by atoms with E-state index in [2.05, 4.69) is 143 Å². The molecule has 0 aliphatic rings. The van der Waals surface area contributed by atoms with Crippen molar-refractivity contribution in [3.8, 4) is 0 Å². The monoisotopic (exact) mass is 716 g/mol. The molecular formula is C44H64N2O6. The molecule has 2 amide bonds. The summed E-state index contributed by atoms with van der Waals surface area (Å²) in [6.45, 7) is 34.3. The highest BCUT2D eigenvalue weighted by molar-refractivity contribution is 5.82. The minimum Gasteiger partial charge on any atom is -0.461 e. The molecule has 0 spiro atoms. The number of hydrogen-bond acceptors (Lipinski definition) is 6. The second-order valence-electron chi connectivity index (χ2n) is 17.9.